The fourth-order valence-electron chi connectivity index (χ4n) is 5.42. The number of ether oxygens (including phenoxy) is 1. The summed E-state index contributed by atoms with van der Waals surface area (Å²) in [6.45, 7) is 6.52. The van der Waals surface area contributed by atoms with Crippen molar-refractivity contribution in [2.24, 2.45) is 0 Å². The van der Waals surface area contributed by atoms with Crippen LogP contribution in [0.3, 0.4) is 0 Å². The third kappa shape index (κ3) is 6.73. The number of fused-ring (bicyclic) bond motifs is 1. The van der Waals surface area contributed by atoms with Gasteiger partial charge in [-0.25, -0.2) is 0 Å². The Morgan fingerprint density at radius 3 is 2.64 bits per heavy atom. The Morgan fingerprint density at radius 2 is 1.87 bits per heavy atom. The van der Waals surface area contributed by atoms with Gasteiger partial charge < -0.3 is 10.1 Å². The topological polar surface area (TPSA) is 54.5 Å². The van der Waals surface area contributed by atoms with Crippen molar-refractivity contribution in [2.45, 2.75) is 51.8 Å². The zero-order valence-electron chi connectivity index (χ0n) is 22.8. The molecule has 2 atom stereocenters. The molecule has 0 saturated heterocycles. The van der Waals surface area contributed by atoms with Gasteiger partial charge >= 0.3 is 0 Å². The Kier molecular flexibility index (Phi) is 8.69. The highest BCUT2D eigenvalue weighted by Crippen LogP contribution is 2.38. The van der Waals surface area contributed by atoms with Crippen molar-refractivity contribution in [3.63, 3.8) is 0 Å². The van der Waals surface area contributed by atoms with Crippen molar-refractivity contribution < 1.29 is 9.53 Å². The number of carbonyl (C=O) groups is 1. The van der Waals surface area contributed by atoms with Gasteiger partial charge in [0.2, 0.25) is 0 Å². The lowest BCUT2D eigenvalue weighted by Gasteiger charge is -2.38. The van der Waals surface area contributed by atoms with Crippen molar-refractivity contribution in [3.8, 4) is 5.75 Å². The van der Waals surface area contributed by atoms with E-state index < -0.39 is 6.10 Å². The standard InChI is InChI=1S/C34H37N3O2/c1-3-32(34(38)36-20-17-29-14-7-8-19-35-29)39-30-16-15-27-18-21-37(24-26-11-9-10-25(2)22-26)33(31(27)23-30)28-12-5-4-6-13-28/h4-16,19,22-23,32-33H,3,17-18,20-21,24H2,1-2H3,(H,36,38)/t32-,33-/m1/s1. The SMILES string of the molecule is CC[C@@H](Oc1ccc2c(c1)[C@@H](c1ccccc1)N(Cc1cccc(C)c1)CC2)C(=O)NCCc1ccccn1. The lowest BCUT2D eigenvalue weighted by atomic mass is 9.87. The number of hydrogen-bond donors (Lipinski definition) is 1. The van der Waals surface area contributed by atoms with Crippen LogP contribution < -0.4 is 10.1 Å². The van der Waals surface area contributed by atoms with Crippen LogP contribution in [0.4, 0.5) is 0 Å². The molecule has 0 aliphatic carbocycles. The summed E-state index contributed by atoms with van der Waals surface area (Å²) in [5, 5.41) is 3.03. The molecule has 5 heteroatoms. The van der Waals surface area contributed by atoms with Gasteiger partial charge in [-0.15, -0.1) is 0 Å². The van der Waals surface area contributed by atoms with E-state index in [1.165, 1.54) is 27.8 Å². The predicted octanol–water partition coefficient (Wildman–Crippen LogP) is 6.05. The van der Waals surface area contributed by atoms with Gasteiger partial charge in [0.1, 0.15) is 5.75 Å². The molecule has 1 amide bonds. The van der Waals surface area contributed by atoms with Crippen LogP contribution in [0.25, 0.3) is 0 Å². The quantitative estimate of drug-likeness (QED) is 0.277. The predicted molar refractivity (Wildman–Crippen MR) is 156 cm³/mol. The first-order valence-corrected chi connectivity index (χ1v) is 13.9. The molecule has 4 aromatic rings. The average molecular weight is 520 g/mol. The van der Waals surface area contributed by atoms with Crippen LogP contribution in [0, 0.1) is 6.92 Å². The molecule has 2 heterocycles. The first-order valence-electron chi connectivity index (χ1n) is 13.9. The number of rotatable bonds is 10. The minimum Gasteiger partial charge on any atom is -0.481 e. The molecule has 1 aromatic heterocycles. The Balaban J connectivity index is 1.34. The summed E-state index contributed by atoms with van der Waals surface area (Å²) in [5.74, 6) is 0.644. The van der Waals surface area contributed by atoms with E-state index in [4.69, 9.17) is 4.74 Å². The lowest BCUT2D eigenvalue weighted by molar-refractivity contribution is -0.128. The van der Waals surface area contributed by atoms with E-state index >= 15 is 0 Å². The zero-order valence-corrected chi connectivity index (χ0v) is 22.8. The third-order valence-corrected chi connectivity index (χ3v) is 7.38. The molecule has 0 bridgehead atoms. The minimum atomic E-state index is -0.547. The smallest absolute Gasteiger partial charge is 0.261 e. The summed E-state index contributed by atoms with van der Waals surface area (Å²) in [4.78, 5) is 19.8. The number of amides is 1. The molecule has 5 nitrogen and oxygen atoms in total. The molecule has 1 aliphatic rings. The first kappa shape index (κ1) is 26.6. The highest BCUT2D eigenvalue weighted by Gasteiger charge is 2.30. The monoisotopic (exact) mass is 519 g/mol. The van der Waals surface area contributed by atoms with Gasteiger partial charge in [0, 0.05) is 37.9 Å². The average Bonchev–Trinajstić information content (AvgIpc) is 2.96. The van der Waals surface area contributed by atoms with Crippen LogP contribution in [-0.4, -0.2) is 35.0 Å². The molecule has 0 unspecified atom stereocenters. The largest absolute Gasteiger partial charge is 0.481 e. The molecular formula is C34H37N3O2. The molecule has 5 rings (SSSR count). The summed E-state index contributed by atoms with van der Waals surface area (Å²) in [6.07, 6.45) is 3.49. The number of benzene rings is 3. The van der Waals surface area contributed by atoms with Crippen molar-refractivity contribution in [1.82, 2.24) is 15.2 Å². The van der Waals surface area contributed by atoms with Crippen molar-refractivity contribution in [1.29, 1.82) is 0 Å². The van der Waals surface area contributed by atoms with Crippen LogP contribution >= 0.6 is 0 Å². The van der Waals surface area contributed by atoms with Gasteiger partial charge in [-0.05, 0) is 66.3 Å². The maximum absolute atomic E-state index is 13.0. The number of nitrogens with one attached hydrogen (secondary N) is 1. The second-order valence-electron chi connectivity index (χ2n) is 10.3. The molecule has 1 N–H and O–H groups in total. The zero-order chi connectivity index (χ0) is 27.0. The van der Waals surface area contributed by atoms with Crippen molar-refractivity contribution in [3.05, 3.63) is 131 Å². The fraction of sp³-hybridized carbons (Fsp3) is 0.294. The molecule has 0 radical (unpaired) electrons. The van der Waals surface area contributed by atoms with Crippen LogP contribution in [0.15, 0.2) is 97.2 Å². The molecule has 0 saturated carbocycles. The van der Waals surface area contributed by atoms with E-state index in [1.54, 1.807) is 6.20 Å². The maximum Gasteiger partial charge on any atom is 0.261 e. The number of nitrogens with zero attached hydrogens (tertiary/aromatic N) is 2. The van der Waals surface area contributed by atoms with Gasteiger partial charge in [0.15, 0.2) is 6.10 Å². The second-order valence-corrected chi connectivity index (χ2v) is 10.3. The normalized spacial score (nSPS) is 15.8. The van der Waals surface area contributed by atoms with E-state index in [-0.39, 0.29) is 11.9 Å². The molecule has 1 aliphatic heterocycles. The van der Waals surface area contributed by atoms with Gasteiger partial charge in [-0.2, -0.15) is 0 Å². The van der Waals surface area contributed by atoms with Crippen LogP contribution in [-0.2, 0) is 24.2 Å². The highest BCUT2D eigenvalue weighted by atomic mass is 16.5. The third-order valence-electron chi connectivity index (χ3n) is 7.38. The second kappa shape index (κ2) is 12.7. The highest BCUT2D eigenvalue weighted by molar-refractivity contribution is 5.81. The molecular weight excluding hydrogens is 482 g/mol. The fourth-order valence-corrected chi connectivity index (χ4v) is 5.42. The Bertz CT molecular complexity index is 1370. The van der Waals surface area contributed by atoms with Crippen LogP contribution in [0.2, 0.25) is 0 Å². The van der Waals surface area contributed by atoms with Gasteiger partial charge in [0.25, 0.3) is 5.91 Å². The van der Waals surface area contributed by atoms with Crippen LogP contribution in [0.5, 0.6) is 5.75 Å². The summed E-state index contributed by atoms with van der Waals surface area (Å²) in [5.41, 5.74) is 7.42. The van der Waals surface area contributed by atoms with E-state index in [9.17, 15) is 4.79 Å². The van der Waals surface area contributed by atoms with E-state index in [2.05, 4.69) is 88.9 Å². The lowest BCUT2D eigenvalue weighted by Crippen LogP contribution is -2.39. The van der Waals surface area contributed by atoms with E-state index in [1.807, 2.05) is 31.2 Å². The molecule has 39 heavy (non-hydrogen) atoms. The van der Waals surface area contributed by atoms with Gasteiger partial charge in [-0.1, -0.05) is 79.2 Å². The summed E-state index contributed by atoms with van der Waals surface area (Å²) < 4.78 is 6.30. The Morgan fingerprint density at radius 1 is 1.03 bits per heavy atom. The number of carbonyl (C=O) groups excluding carboxylic acids is 1. The summed E-state index contributed by atoms with van der Waals surface area (Å²) in [7, 11) is 0. The summed E-state index contributed by atoms with van der Waals surface area (Å²) in [6, 6.07) is 31.8. The number of aromatic nitrogens is 1. The van der Waals surface area contributed by atoms with Gasteiger partial charge in [-0.3, -0.25) is 14.7 Å². The summed E-state index contributed by atoms with van der Waals surface area (Å²) >= 11 is 0. The van der Waals surface area contributed by atoms with E-state index in [0.717, 1.165) is 31.0 Å². The van der Waals surface area contributed by atoms with Crippen molar-refractivity contribution >= 4 is 5.91 Å². The molecule has 3 aromatic carbocycles. The number of pyridine rings is 1. The minimum absolute atomic E-state index is 0.0909. The number of aryl methyl sites for hydroxylation is 1. The molecule has 0 fully saturated rings. The van der Waals surface area contributed by atoms with Gasteiger partial charge in [0.05, 0.1) is 6.04 Å². The molecule has 200 valence electrons. The van der Waals surface area contributed by atoms with Crippen LogP contribution in [0.1, 0.15) is 52.9 Å². The number of hydrogen-bond acceptors (Lipinski definition) is 4. The Hall–Kier alpha value is -3.96. The maximum atomic E-state index is 13.0. The Labute approximate surface area is 231 Å². The first-order chi connectivity index (χ1) is 19.1. The molecule has 0 spiro atoms. The van der Waals surface area contributed by atoms with Crippen molar-refractivity contribution in [2.75, 3.05) is 13.1 Å². The van der Waals surface area contributed by atoms with E-state index in [0.29, 0.717) is 19.4 Å².